The van der Waals surface area contributed by atoms with E-state index in [0.717, 1.165) is 11.3 Å². The molecule has 0 unspecified atom stereocenters. The molecule has 0 amide bonds. The second kappa shape index (κ2) is 7.69. The SMILES string of the molecule is COc1ccc(-c2cc(COC(=O)c3cccc([N+](=O)[O-])c3C)no2)cc1. The zero-order valence-electron chi connectivity index (χ0n) is 14.7. The molecule has 2 aromatic carbocycles. The van der Waals surface area contributed by atoms with Crippen LogP contribution in [-0.4, -0.2) is 23.2 Å². The average molecular weight is 368 g/mol. The number of rotatable bonds is 6. The zero-order chi connectivity index (χ0) is 19.4. The molecule has 3 rings (SSSR count). The summed E-state index contributed by atoms with van der Waals surface area (Å²) in [6.45, 7) is 1.40. The summed E-state index contributed by atoms with van der Waals surface area (Å²) in [5, 5.41) is 14.9. The van der Waals surface area contributed by atoms with Crippen molar-refractivity contribution in [2.24, 2.45) is 0 Å². The van der Waals surface area contributed by atoms with Crippen molar-refractivity contribution in [3.63, 3.8) is 0 Å². The van der Waals surface area contributed by atoms with Crippen LogP contribution in [-0.2, 0) is 11.3 Å². The summed E-state index contributed by atoms with van der Waals surface area (Å²) in [6.07, 6.45) is 0. The first kappa shape index (κ1) is 18.1. The molecule has 0 N–H and O–H groups in total. The van der Waals surface area contributed by atoms with Gasteiger partial charge in [-0.25, -0.2) is 4.79 Å². The van der Waals surface area contributed by atoms with Crippen LogP contribution in [0.4, 0.5) is 5.69 Å². The highest BCUT2D eigenvalue weighted by atomic mass is 16.6. The molecule has 0 fully saturated rings. The number of benzene rings is 2. The van der Waals surface area contributed by atoms with E-state index in [9.17, 15) is 14.9 Å². The molecule has 0 atom stereocenters. The van der Waals surface area contributed by atoms with Crippen molar-refractivity contribution in [1.82, 2.24) is 5.16 Å². The molecule has 0 aliphatic rings. The third-order valence-electron chi connectivity index (χ3n) is 4.01. The molecule has 0 spiro atoms. The molecule has 1 aromatic heterocycles. The number of nitro groups is 1. The van der Waals surface area contributed by atoms with Crippen LogP contribution in [0.5, 0.6) is 5.75 Å². The van der Waals surface area contributed by atoms with E-state index in [1.54, 1.807) is 25.3 Å². The highest BCUT2D eigenvalue weighted by Crippen LogP contribution is 2.24. The Morgan fingerprint density at radius 1 is 1.22 bits per heavy atom. The molecule has 27 heavy (non-hydrogen) atoms. The van der Waals surface area contributed by atoms with Crippen molar-refractivity contribution >= 4 is 11.7 Å². The van der Waals surface area contributed by atoms with E-state index in [1.165, 1.54) is 25.1 Å². The van der Waals surface area contributed by atoms with Gasteiger partial charge in [0.15, 0.2) is 5.76 Å². The Morgan fingerprint density at radius 2 is 1.96 bits per heavy atom. The van der Waals surface area contributed by atoms with E-state index in [1.807, 2.05) is 12.1 Å². The number of ether oxygens (including phenoxy) is 2. The molecule has 8 nitrogen and oxygen atoms in total. The fourth-order valence-electron chi connectivity index (χ4n) is 2.53. The van der Waals surface area contributed by atoms with Crippen LogP contribution >= 0.6 is 0 Å². The number of esters is 1. The van der Waals surface area contributed by atoms with Gasteiger partial charge in [-0.15, -0.1) is 0 Å². The van der Waals surface area contributed by atoms with Gasteiger partial charge >= 0.3 is 5.97 Å². The Hall–Kier alpha value is -3.68. The summed E-state index contributed by atoms with van der Waals surface area (Å²) in [4.78, 5) is 22.7. The molecule has 0 radical (unpaired) electrons. The van der Waals surface area contributed by atoms with Crippen LogP contribution in [0.2, 0.25) is 0 Å². The van der Waals surface area contributed by atoms with Crippen LogP contribution in [0, 0.1) is 17.0 Å². The lowest BCUT2D eigenvalue weighted by atomic mass is 10.1. The second-order valence-corrected chi connectivity index (χ2v) is 5.69. The average Bonchev–Trinajstić information content (AvgIpc) is 3.15. The lowest BCUT2D eigenvalue weighted by Crippen LogP contribution is -2.08. The normalized spacial score (nSPS) is 10.4. The zero-order valence-corrected chi connectivity index (χ0v) is 14.7. The van der Waals surface area contributed by atoms with Crippen molar-refractivity contribution < 1.29 is 23.7 Å². The van der Waals surface area contributed by atoms with E-state index in [-0.39, 0.29) is 23.4 Å². The first-order chi connectivity index (χ1) is 13.0. The van der Waals surface area contributed by atoms with Gasteiger partial charge in [-0.05, 0) is 37.3 Å². The number of carbonyl (C=O) groups excluding carboxylic acids is 1. The van der Waals surface area contributed by atoms with Crippen LogP contribution in [0.3, 0.4) is 0 Å². The lowest BCUT2D eigenvalue weighted by molar-refractivity contribution is -0.385. The van der Waals surface area contributed by atoms with Gasteiger partial charge in [0.2, 0.25) is 0 Å². The monoisotopic (exact) mass is 368 g/mol. The number of nitrogens with zero attached hydrogens (tertiary/aromatic N) is 2. The maximum atomic E-state index is 12.2. The van der Waals surface area contributed by atoms with Crippen LogP contribution in [0.25, 0.3) is 11.3 Å². The summed E-state index contributed by atoms with van der Waals surface area (Å²) in [7, 11) is 1.58. The number of nitro benzene ring substituents is 1. The van der Waals surface area contributed by atoms with Gasteiger partial charge in [-0.2, -0.15) is 0 Å². The van der Waals surface area contributed by atoms with Gasteiger partial charge in [-0.1, -0.05) is 11.2 Å². The topological polar surface area (TPSA) is 105 Å². The molecule has 0 saturated carbocycles. The fraction of sp³-hybridized carbons (Fsp3) is 0.158. The molecule has 3 aromatic rings. The molecule has 0 bridgehead atoms. The molecular formula is C19H16N2O6. The van der Waals surface area contributed by atoms with Gasteiger partial charge in [0.05, 0.1) is 17.6 Å². The van der Waals surface area contributed by atoms with E-state index in [4.69, 9.17) is 14.0 Å². The van der Waals surface area contributed by atoms with Gasteiger partial charge in [0, 0.05) is 23.3 Å². The Kier molecular flexibility index (Phi) is 5.16. The Balaban J connectivity index is 1.69. The number of hydrogen-bond donors (Lipinski definition) is 0. The number of hydrogen-bond acceptors (Lipinski definition) is 7. The second-order valence-electron chi connectivity index (χ2n) is 5.69. The van der Waals surface area contributed by atoms with Gasteiger partial charge in [0.1, 0.15) is 18.1 Å². The molecule has 1 heterocycles. The van der Waals surface area contributed by atoms with Gasteiger partial charge < -0.3 is 14.0 Å². The first-order valence-corrected chi connectivity index (χ1v) is 8.00. The molecule has 0 saturated heterocycles. The number of carbonyl (C=O) groups is 1. The predicted octanol–water partition coefficient (Wildman–Crippen LogP) is 3.92. The summed E-state index contributed by atoms with van der Waals surface area (Å²) in [5.74, 6) is 0.583. The Labute approximate surface area is 154 Å². The predicted molar refractivity (Wildman–Crippen MR) is 95.4 cm³/mol. The van der Waals surface area contributed by atoms with Crippen LogP contribution in [0.1, 0.15) is 21.6 Å². The highest BCUT2D eigenvalue weighted by molar-refractivity contribution is 5.92. The van der Waals surface area contributed by atoms with Crippen molar-refractivity contribution in [2.75, 3.05) is 7.11 Å². The fourth-order valence-corrected chi connectivity index (χ4v) is 2.53. The molecule has 8 heteroatoms. The first-order valence-electron chi connectivity index (χ1n) is 8.00. The minimum atomic E-state index is -0.662. The highest BCUT2D eigenvalue weighted by Gasteiger charge is 2.19. The molecule has 0 aliphatic carbocycles. The van der Waals surface area contributed by atoms with E-state index >= 15 is 0 Å². The lowest BCUT2D eigenvalue weighted by Gasteiger charge is -2.05. The Bertz CT molecular complexity index is 978. The van der Waals surface area contributed by atoms with Crippen molar-refractivity contribution in [3.05, 3.63) is 75.5 Å². The van der Waals surface area contributed by atoms with E-state index in [0.29, 0.717) is 11.5 Å². The smallest absolute Gasteiger partial charge is 0.339 e. The number of aromatic nitrogens is 1. The van der Waals surface area contributed by atoms with Crippen molar-refractivity contribution in [1.29, 1.82) is 0 Å². The summed E-state index contributed by atoms with van der Waals surface area (Å²) >= 11 is 0. The number of methoxy groups -OCH3 is 1. The van der Waals surface area contributed by atoms with E-state index < -0.39 is 10.9 Å². The van der Waals surface area contributed by atoms with Crippen LogP contribution in [0.15, 0.2) is 53.1 Å². The minimum Gasteiger partial charge on any atom is -0.497 e. The minimum absolute atomic E-state index is 0.110. The summed E-state index contributed by atoms with van der Waals surface area (Å²) in [5.41, 5.74) is 1.50. The third-order valence-corrected chi connectivity index (χ3v) is 4.01. The third kappa shape index (κ3) is 3.95. The summed E-state index contributed by atoms with van der Waals surface area (Å²) in [6, 6.07) is 13.2. The van der Waals surface area contributed by atoms with Crippen LogP contribution < -0.4 is 4.74 Å². The van der Waals surface area contributed by atoms with Crippen molar-refractivity contribution in [2.45, 2.75) is 13.5 Å². The molecule has 138 valence electrons. The standard InChI is InChI=1S/C19H16N2O6/c1-12-16(4-3-5-17(12)21(23)24)19(22)26-11-14-10-18(27-20-14)13-6-8-15(25-2)9-7-13/h3-10H,11H2,1-2H3. The van der Waals surface area contributed by atoms with E-state index in [2.05, 4.69) is 5.16 Å². The largest absolute Gasteiger partial charge is 0.497 e. The molecular weight excluding hydrogens is 352 g/mol. The molecule has 0 aliphatic heterocycles. The Morgan fingerprint density at radius 3 is 2.63 bits per heavy atom. The van der Waals surface area contributed by atoms with Gasteiger partial charge in [0.25, 0.3) is 5.69 Å². The maximum Gasteiger partial charge on any atom is 0.339 e. The maximum absolute atomic E-state index is 12.2. The van der Waals surface area contributed by atoms with Crippen molar-refractivity contribution in [3.8, 4) is 17.1 Å². The summed E-state index contributed by atoms with van der Waals surface area (Å²) < 4.78 is 15.6. The quantitative estimate of drug-likeness (QED) is 0.369. The van der Waals surface area contributed by atoms with Gasteiger partial charge in [-0.3, -0.25) is 10.1 Å².